The highest BCUT2D eigenvalue weighted by Gasteiger charge is 2.44. The fourth-order valence-corrected chi connectivity index (χ4v) is 1.82. The van der Waals surface area contributed by atoms with Crippen LogP contribution in [0.2, 0.25) is 0 Å². The fourth-order valence-electron chi connectivity index (χ4n) is 1.82. The molecule has 1 fully saturated rings. The monoisotopic (exact) mass is 207 g/mol. The zero-order valence-electron chi connectivity index (χ0n) is 8.56. The van der Waals surface area contributed by atoms with Crippen LogP contribution in [0.4, 0.5) is 0 Å². The molecule has 0 aliphatic carbocycles. The number of furan rings is 1. The second-order valence-electron chi connectivity index (χ2n) is 3.92. The lowest BCUT2D eigenvalue weighted by molar-refractivity contribution is 0.0338. The minimum atomic E-state index is -0.904. The van der Waals surface area contributed by atoms with E-state index in [9.17, 15) is 5.11 Å². The molecular formula is C11H13NO3. The van der Waals surface area contributed by atoms with Crippen LogP contribution in [0, 0.1) is 23.7 Å². The normalized spacial score (nSPS) is 27.5. The summed E-state index contributed by atoms with van der Waals surface area (Å²) in [4.78, 5) is 0. The predicted octanol–water partition coefficient (Wildman–Crippen LogP) is 1.55. The second-order valence-corrected chi connectivity index (χ2v) is 3.92. The Morgan fingerprint density at radius 3 is 2.87 bits per heavy atom. The van der Waals surface area contributed by atoms with Crippen LogP contribution in [-0.2, 0) is 4.74 Å². The van der Waals surface area contributed by atoms with Gasteiger partial charge in [-0.2, -0.15) is 5.26 Å². The molecule has 4 nitrogen and oxygen atoms in total. The first-order valence-electron chi connectivity index (χ1n) is 4.91. The van der Waals surface area contributed by atoms with Gasteiger partial charge in [-0.25, -0.2) is 0 Å². The van der Waals surface area contributed by atoms with Crippen LogP contribution in [0.1, 0.15) is 24.0 Å². The van der Waals surface area contributed by atoms with Gasteiger partial charge in [0.2, 0.25) is 0 Å². The molecule has 15 heavy (non-hydrogen) atoms. The number of rotatable bonds is 2. The smallest absolute Gasteiger partial charge is 0.134 e. The molecule has 2 unspecified atom stereocenters. The van der Waals surface area contributed by atoms with Gasteiger partial charge in [0, 0.05) is 6.61 Å². The molecule has 2 heterocycles. The minimum Gasteiger partial charge on any atom is -0.464 e. The standard InChI is InChI=1S/C11H13NO3/c1-8-2-3-9(15-8)10(13)11(6-12)4-5-14-7-11/h2-3,10,13H,4-5,7H2,1H3. The Hall–Kier alpha value is -1.31. The van der Waals surface area contributed by atoms with E-state index in [2.05, 4.69) is 6.07 Å². The highest BCUT2D eigenvalue weighted by Crippen LogP contribution is 2.40. The molecule has 80 valence electrons. The van der Waals surface area contributed by atoms with Crippen LogP contribution in [-0.4, -0.2) is 18.3 Å². The van der Waals surface area contributed by atoms with Crippen LogP contribution in [0.3, 0.4) is 0 Å². The van der Waals surface area contributed by atoms with Gasteiger partial charge in [0.1, 0.15) is 23.0 Å². The number of ether oxygens (including phenoxy) is 1. The van der Waals surface area contributed by atoms with Crippen LogP contribution < -0.4 is 0 Å². The maximum absolute atomic E-state index is 10.1. The number of aliphatic hydroxyl groups excluding tert-OH is 1. The van der Waals surface area contributed by atoms with Crippen molar-refractivity contribution in [2.24, 2.45) is 5.41 Å². The molecule has 1 aliphatic heterocycles. The summed E-state index contributed by atoms with van der Waals surface area (Å²) >= 11 is 0. The summed E-state index contributed by atoms with van der Waals surface area (Å²) < 4.78 is 10.5. The largest absolute Gasteiger partial charge is 0.464 e. The third-order valence-electron chi connectivity index (χ3n) is 2.83. The number of hydrogen-bond donors (Lipinski definition) is 1. The topological polar surface area (TPSA) is 66.4 Å². The Kier molecular flexibility index (Phi) is 2.51. The van der Waals surface area contributed by atoms with Crippen molar-refractivity contribution in [2.45, 2.75) is 19.4 Å². The molecule has 0 aromatic carbocycles. The lowest BCUT2D eigenvalue weighted by atomic mass is 9.82. The van der Waals surface area contributed by atoms with Gasteiger partial charge in [-0.3, -0.25) is 0 Å². The zero-order chi connectivity index (χ0) is 10.9. The van der Waals surface area contributed by atoms with Crippen molar-refractivity contribution < 1.29 is 14.3 Å². The third-order valence-corrected chi connectivity index (χ3v) is 2.83. The molecule has 4 heteroatoms. The van der Waals surface area contributed by atoms with E-state index in [1.165, 1.54) is 0 Å². The number of aryl methyl sites for hydroxylation is 1. The van der Waals surface area contributed by atoms with Gasteiger partial charge in [-0.05, 0) is 25.5 Å². The number of aliphatic hydroxyl groups is 1. The van der Waals surface area contributed by atoms with Crippen molar-refractivity contribution in [3.05, 3.63) is 23.7 Å². The van der Waals surface area contributed by atoms with Crippen molar-refractivity contribution in [2.75, 3.05) is 13.2 Å². The Morgan fingerprint density at radius 1 is 1.60 bits per heavy atom. The fraction of sp³-hybridized carbons (Fsp3) is 0.545. The van der Waals surface area contributed by atoms with Crippen LogP contribution in [0.25, 0.3) is 0 Å². The number of hydrogen-bond acceptors (Lipinski definition) is 4. The van der Waals surface area contributed by atoms with Crippen molar-refractivity contribution in [1.29, 1.82) is 5.26 Å². The number of nitriles is 1. The van der Waals surface area contributed by atoms with E-state index >= 15 is 0 Å². The van der Waals surface area contributed by atoms with Gasteiger partial charge in [0.15, 0.2) is 0 Å². The van der Waals surface area contributed by atoms with Gasteiger partial charge in [0.05, 0.1) is 12.7 Å². The van der Waals surface area contributed by atoms with E-state index in [0.29, 0.717) is 18.8 Å². The van der Waals surface area contributed by atoms with Gasteiger partial charge < -0.3 is 14.3 Å². The minimum absolute atomic E-state index is 0.268. The van der Waals surface area contributed by atoms with Gasteiger partial charge in [-0.15, -0.1) is 0 Å². The lowest BCUT2D eigenvalue weighted by Crippen LogP contribution is -2.27. The number of nitrogens with zero attached hydrogens (tertiary/aromatic N) is 1. The average molecular weight is 207 g/mol. The SMILES string of the molecule is Cc1ccc(C(O)C2(C#N)CCOC2)o1. The Labute approximate surface area is 88.1 Å². The summed E-state index contributed by atoms with van der Waals surface area (Å²) in [5, 5.41) is 19.2. The third kappa shape index (κ3) is 1.65. The van der Waals surface area contributed by atoms with Gasteiger partial charge >= 0.3 is 0 Å². The van der Waals surface area contributed by atoms with E-state index in [1.54, 1.807) is 19.1 Å². The maximum Gasteiger partial charge on any atom is 0.134 e. The van der Waals surface area contributed by atoms with E-state index in [-0.39, 0.29) is 6.61 Å². The average Bonchev–Trinajstić information content (AvgIpc) is 2.86. The van der Waals surface area contributed by atoms with Gasteiger partial charge in [0.25, 0.3) is 0 Å². The summed E-state index contributed by atoms with van der Waals surface area (Å²) in [6.45, 7) is 2.59. The molecule has 0 saturated carbocycles. The summed E-state index contributed by atoms with van der Waals surface area (Å²) in [5.74, 6) is 1.18. The molecular weight excluding hydrogens is 194 g/mol. The first kappa shape index (κ1) is 10.2. The van der Waals surface area contributed by atoms with Gasteiger partial charge in [-0.1, -0.05) is 0 Å². The molecule has 0 radical (unpaired) electrons. The molecule has 1 aromatic heterocycles. The van der Waals surface area contributed by atoms with Crippen molar-refractivity contribution in [3.8, 4) is 6.07 Å². The highest BCUT2D eigenvalue weighted by atomic mass is 16.5. The van der Waals surface area contributed by atoms with Crippen molar-refractivity contribution in [3.63, 3.8) is 0 Å². The molecule has 2 atom stereocenters. The quantitative estimate of drug-likeness (QED) is 0.799. The summed E-state index contributed by atoms with van der Waals surface area (Å²) in [6, 6.07) is 5.63. The molecule has 1 saturated heterocycles. The summed E-state index contributed by atoms with van der Waals surface area (Å²) in [5.41, 5.74) is -0.843. The predicted molar refractivity (Wildman–Crippen MR) is 51.9 cm³/mol. The summed E-state index contributed by atoms with van der Waals surface area (Å²) in [7, 11) is 0. The van der Waals surface area contributed by atoms with Crippen LogP contribution in [0.15, 0.2) is 16.5 Å². The molecule has 1 aromatic rings. The molecule has 1 aliphatic rings. The van der Waals surface area contributed by atoms with E-state index in [0.717, 1.165) is 5.76 Å². The summed E-state index contributed by atoms with van der Waals surface area (Å²) in [6.07, 6.45) is -0.358. The lowest BCUT2D eigenvalue weighted by Gasteiger charge is -2.23. The van der Waals surface area contributed by atoms with E-state index in [1.807, 2.05) is 0 Å². The first-order chi connectivity index (χ1) is 7.18. The Morgan fingerprint density at radius 2 is 2.40 bits per heavy atom. The molecule has 1 N–H and O–H groups in total. The Balaban J connectivity index is 2.26. The zero-order valence-corrected chi connectivity index (χ0v) is 8.56. The van der Waals surface area contributed by atoms with E-state index < -0.39 is 11.5 Å². The molecule has 0 bridgehead atoms. The van der Waals surface area contributed by atoms with Crippen LogP contribution >= 0.6 is 0 Å². The first-order valence-corrected chi connectivity index (χ1v) is 4.91. The van der Waals surface area contributed by atoms with Crippen molar-refractivity contribution in [1.82, 2.24) is 0 Å². The highest BCUT2D eigenvalue weighted by molar-refractivity contribution is 5.17. The molecule has 0 spiro atoms. The molecule has 0 amide bonds. The van der Waals surface area contributed by atoms with E-state index in [4.69, 9.17) is 14.4 Å². The second kappa shape index (κ2) is 3.69. The van der Waals surface area contributed by atoms with Crippen LogP contribution in [0.5, 0.6) is 0 Å². The Bertz CT molecular complexity index is 385. The maximum atomic E-state index is 10.1. The molecule has 2 rings (SSSR count). The van der Waals surface area contributed by atoms with Crippen molar-refractivity contribution >= 4 is 0 Å².